The Hall–Kier alpha value is -0.610. The third-order valence-corrected chi connectivity index (χ3v) is 6.34. The molecular weight excluding hydrogens is 525 g/mol. The summed E-state index contributed by atoms with van der Waals surface area (Å²) in [4.78, 5) is 9.92. The van der Waals surface area contributed by atoms with Gasteiger partial charge in [-0.25, -0.2) is 0 Å². The summed E-state index contributed by atoms with van der Waals surface area (Å²) in [6.45, 7) is 14.1. The zero-order valence-electron chi connectivity index (χ0n) is 19.1. The zero-order chi connectivity index (χ0) is 21.3. The molecule has 2 N–H and O–H groups in total. The Balaban J connectivity index is 0.00000341. The van der Waals surface area contributed by atoms with Crippen molar-refractivity contribution < 1.29 is 4.74 Å². The third-order valence-electron chi connectivity index (χ3n) is 6.09. The minimum absolute atomic E-state index is 0. The van der Waals surface area contributed by atoms with Crippen LogP contribution in [0.5, 0.6) is 0 Å². The molecular formula is C23H39ClIN5O. The molecule has 0 spiro atoms. The van der Waals surface area contributed by atoms with Gasteiger partial charge in [-0.3, -0.25) is 14.8 Å². The maximum absolute atomic E-state index is 6.00. The van der Waals surface area contributed by atoms with E-state index in [1.54, 1.807) is 0 Å². The van der Waals surface area contributed by atoms with E-state index in [0.717, 1.165) is 76.3 Å². The molecule has 176 valence electrons. The van der Waals surface area contributed by atoms with E-state index in [-0.39, 0.29) is 24.0 Å². The number of ether oxygens (including phenoxy) is 1. The van der Waals surface area contributed by atoms with Crippen molar-refractivity contribution in [2.75, 3.05) is 45.9 Å². The molecule has 2 heterocycles. The number of benzene rings is 1. The second-order valence-electron chi connectivity index (χ2n) is 8.55. The van der Waals surface area contributed by atoms with Crippen molar-refractivity contribution in [3.05, 3.63) is 34.9 Å². The fourth-order valence-electron chi connectivity index (χ4n) is 4.32. The van der Waals surface area contributed by atoms with Gasteiger partial charge in [0, 0.05) is 55.9 Å². The molecule has 2 aliphatic heterocycles. The summed E-state index contributed by atoms with van der Waals surface area (Å²) in [5, 5.41) is 7.90. The first-order valence-electron chi connectivity index (χ1n) is 11.4. The minimum Gasteiger partial charge on any atom is -0.379 e. The Labute approximate surface area is 210 Å². The average molecular weight is 564 g/mol. The summed E-state index contributed by atoms with van der Waals surface area (Å²) in [6, 6.07) is 9.55. The molecule has 0 aliphatic carbocycles. The molecule has 0 amide bonds. The monoisotopic (exact) mass is 563 g/mol. The summed E-state index contributed by atoms with van der Waals surface area (Å²) in [7, 11) is 0. The van der Waals surface area contributed by atoms with E-state index in [1.165, 1.54) is 5.56 Å². The smallest absolute Gasteiger partial charge is 0.191 e. The van der Waals surface area contributed by atoms with Gasteiger partial charge in [0.1, 0.15) is 0 Å². The van der Waals surface area contributed by atoms with Crippen molar-refractivity contribution in [3.8, 4) is 0 Å². The molecule has 6 nitrogen and oxygen atoms in total. The molecule has 2 atom stereocenters. The van der Waals surface area contributed by atoms with Crippen LogP contribution in [0.25, 0.3) is 0 Å². The Bertz CT molecular complexity index is 666. The van der Waals surface area contributed by atoms with E-state index >= 15 is 0 Å². The van der Waals surface area contributed by atoms with E-state index in [1.807, 2.05) is 12.1 Å². The van der Waals surface area contributed by atoms with Crippen LogP contribution in [0.3, 0.4) is 0 Å². The maximum Gasteiger partial charge on any atom is 0.191 e. The normalized spacial score (nSPS) is 22.6. The quantitative estimate of drug-likeness (QED) is 0.302. The molecule has 31 heavy (non-hydrogen) atoms. The Morgan fingerprint density at radius 3 is 2.58 bits per heavy atom. The summed E-state index contributed by atoms with van der Waals surface area (Å²) in [5.74, 6) is 0.946. The summed E-state index contributed by atoms with van der Waals surface area (Å²) < 4.78 is 5.57. The lowest BCUT2D eigenvalue weighted by molar-refractivity contribution is -0.0165. The van der Waals surface area contributed by atoms with Crippen LogP contribution in [0.4, 0.5) is 0 Å². The first-order chi connectivity index (χ1) is 14.5. The number of hydrogen-bond donors (Lipinski definition) is 2. The molecule has 1 aromatic rings. The van der Waals surface area contributed by atoms with E-state index in [0.29, 0.717) is 18.1 Å². The van der Waals surface area contributed by atoms with Crippen molar-refractivity contribution in [2.24, 2.45) is 4.99 Å². The molecule has 0 aromatic heterocycles. The second kappa shape index (κ2) is 13.8. The van der Waals surface area contributed by atoms with Crippen molar-refractivity contribution >= 4 is 41.5 Å². The van der Waals surface area contributed by atoms with Gasteiger partial charge in [-0.15, -0.1) is 24.0 Å². The number of nitrogens with zero attached hydrogens (tertiary/aromatic N) is 3. The van der Waals surface area contributed by atoms with Crippen LogP contribution >= 0.6 is 35.6 Å². The summed E-state index contributed by atoms with van der Waals surface area (Å²) >= 11 is 6.00. The summed E-state index contributed by atoms with van der Waals surface area (Å²) in [5.41, 5.74) is 1.33. The van der Waals surface area contributed by atoms with Crippen molar-refractivity contribution in [3.63, 3.8) is 0 Å². The fraction of sp³-hybridized carbons (Fsp3) is 0.696. The van der Waals surface area contributed by atoms with Gasteiger partial charge in [-0.2, -0.15) is 0 Å². The molecule has 0 radical (unpaired) electrons. The second-order valence-corrected chi connectivity index (χ2v) is 8.99. The Kier molecular flexibility index (Phi) is 11.9. The SMILES string of the molecule is CCNC(=NCC(C)N1CCOCC1C)NC1CCN(Cc2ccc(Cl)cc2)CC1.I. The zero-order valence-corrected chi connectivity index (χ0v) is 22.2. The van der Waals surface area contributed by atoms with E-state index < -0.39 is 0 Å². The lowest BCUT2D eigenvalue weighted by atomic mass is 10.0. The topological polar surface area (TPSA) is 52.1 Å². The lowest BCUT2D eigenvalue weighted by Gasteiger charge is -2.37. The highest BCUT2D eigenvalue weighted by Crippen LogP contribution is 2.16. The third kappa shape index (κ3) is 8.68. The van der Waals surface area contributed by atoms with Gasteiger partial charge in [-0.05, 0) is 51.3 Å². The van der Waals surface area contributed by atoms with Crippen LogP contribution in [0.1, 0.15) is 39.2 Å². The van der Waals surface area contributed by atoms with Crippen LogP contribution in [-0.2, 0) is 11.3 Å². The highest BCUT2D eigenvalue weighted by molar-refractivity contribution is 14.0. The van der Waals surface area contributed by atoms with Gasteiger partial charge >= 0.3 is 0 Å². The van der Waals surface area contributed by atoms with Crippen LogP contribution in [-0.4, -0.2) is 79.8 Å². The molecule has 3 rings (SSSR count). The van der Waals surface area contributed by atoms with Crippen molar-refractivity contribution in [1.82, 2.24) is 20.4 Å². The maximum atomic E-state index is 6.00. The number of morpholine rings is 1. The van der Waals surface area contributed by atoms with Crippen molar-refractivity contribution in [1.29, 1.82) is 0 Å². The van der Waals surface area contributed by atoms with E-state index in [9.17, 15) is 0 Å². The molecule has 0 bridgehead atoms. The van der Waals surface area contributed by atoms with Crippen LogP contribution < -0.4 is 10.6 Å². The molecule has 2 aliphatic rings. The van der Waals surface area contributed by atoms with Gasteiger partial charge in [0.15, 0.2) is 5.96 Å². The van der Waals surface area contributed by atoms with Crippen LogP contribution in [0.15, 0.2) is 29.3 Å². The van der Waals surface area contributed by atoms with Gasteiger partial charge < -0.3 is 15.4 Å². The number of piperidine rings is 1. The van der Waals surface area contributed by atoms with Gasteiger partial charge in [0.2, 0.25) is 0 Å². The average Bonchev–Trinajstić information content (AvgIpc) is 2.75. The Morgan fingerprint density at radius 1 is 1.23 bits per heavy atom. The fourth-order valence-corrected chi connectivity index (χ4v) is 4.45. The predicted molar refractivity (Wildman–Crippen MR) is 141 cm³/mol. The highest BCUT2D eigenvalue weighted by atomic mass is 127. The highest BCUT2D eigenvalue weighted by Gasteiger charge is 2.24. The lowest BCUT2D eigenvalue weighted by Crippen LogP contribution is -2.51. The first kappa shape index (κ1) is 26.6. The standard InChI is InChI=1S/C23H38ClN5O.HI/c1-4-25-23(26-15-18(2)29-13-14-30-17-19(29)3)27-22-9-11-28(12-10-22)16-20-5-7-21(24)8-6-20;/h5-8,18-19,22H,4,9-17H2,1-3H3,(H2,25,26,27);1H. The molecule has 2 fully saturated rings. The number of hydrogen-bond acceptors (Lipinski definition) is 4. The predicted octanol–water partition coefficient (Wildman–Crippen LogP) is 3.59. The van der Waals surface area contributed by atoms with Crippen LogP contribution in [0, 0.1) is 0 Å². The van der Waals surface area contributed by atoms with E-state index in [2.05, 4.69) is 53.3 Å². The number of rotatable bonds is 7. The first-order valence-corrected chi connectivity index (χ1v) is 11.8. The molecule has 1 aromatic carbocycles. The summed E-state index contributed by atoms with van der Waals surface area (Å²) in [6.07, 6.45) is 2.27. The number of aliphatic imine (C=N–C) groups is 1. The molecule has 0 saturated carbocycles. The largest absolute Gasteiger partial charge is 0.379 e. The number of guanidine groups is 1. The van der Waals surface area contributed by atoms with Gasteiger partial charge in [0.05, 0.1) is 19.8 Å². The Morgan fingerprint density at radius 2 is 1.94 bits per heavy atom. The molecule has 8 heteroatoms. The van der Waals surface area contributed by atoms with Crippen LogP contribution in [0.2, 0.25) is 5.02 Å². The number of nitrogens with one attached hydrogen (secondary N) is 2. The van der Waals surface area contributed by atoms with Crippen molar-refractivity contribution in [2.45, 2.75) is 58.3 Å². The minimum atomic E-state index is 0. The van der Waals surface area contributed by atoms with Gasteiger partial charge in [-0.1, -0.05) is 23.7 Å². The number of halogens is 2. The number of likely N-dealkylation sites (tertiary alicyclic amines) is 1. The van der Waals surface area contributed by atoms with E-state index in [4.69, 9.17) is 21.3 Å². The molecule has 2 unspecified atom stereocenters. The van der Waals surface area contributed by atoms with Gasteiger partial charge in [0.25, 0.3) is 0 Å². The molecule has 2 saturated heterocycles.